The smallest absolute Gasteiger partial charge is 0.123 e. The minimum atomic E-state index is -0.220. The molecule has 1 atom stereocenters. The van der Waals surface area contributed by atoms with E-state index in [1.807, 2.05) is 18.2 Å². The molecule has 3 rings (SSSR count). The number of anilines is 1. The maximum Gasteiger partial charge on any atom is 0.123 e. The fourth-order valence-electron chi connectivity index (χ4n) is 2.33. The third kappa shape index (κ3) is 3.08. The van der Waals surface area contributed by atoms with E-state index in [0.29, 0.717) is 0 Å². The molecule has 2 aromatic rings. The first-order valence-electron chi connectivity index (χ1n) is 6.67. The lowest BCUT2D eigenvalue weighted by Gasteiger charge is -2.12. The normalized spacial score (nSPS) is 16.4. The van der Waals surface area contributed by atoms with Crippen molar-refractivity contribution in [3.05, 3.63) is 47.8 Å². The van der Waals surface area contributed by atoms with E-state index in [2.05, 4.69) is 0 Å². The highest BCUT2D eigenvalue weighted by Crippen LogP contribution is 2.34. The summed E-state index contributed by atoms with van der Waals surface area (Å²) in [6.45, 7) is 0. The van der Waals surface area contributed by atoms with Crippen LogP contribution in [0.2, 0.25) is 0 Å². The predicted octanol–water partition coefficient (Wildman–Crippen LogP) is 3.51. The largest absolute Gasteiger partial charge is 0.497 e. The van der Waals surface area contributed by atoms with Crippen molar-refractivity contribution in [2.75, 3.05) is 18.6 Å². The van der Waals surface area contributed by atoms with Crippen LogP contribution >= 0.6 is 11.8 Å². The minimum Gasteiger partial charge on any atom is -0.497 e. The number of nitrogen functional groups attached to an aromatic ring is 1. The Morgan fingerprint density at radius 2 is 2.19 bits per heavy atom. The molecule has 0 saturated heterocycles. The molecule has 0 fully saturated rings. The van der Waals surface area contributed by atoms with Crippen LogP contribution in [0.15, 0.2) is 41.3 Å². The molecule has 0 bridgehead atoms. The van der Waals surface area contributed by atoms with Gasteiger partial charge in [0.25, 0.3) is 0 Å². The van der Waals surface area contributed by atoms with Crippen LogP contribution in [0.4, 0.5) is 10.1 Å². The first kappa shape index (κ1) is 14.1. The summed E-state index contributed by atoms with van der Waals surface area (Å²) in [6.07, 6.45) is 0.765. The SMILES string of the molecule is COc1ccc(N)c(SCC2Cc3cc(F)ccc3O2)c1. The first-order valence-corrected chi connectivity index (χ1v) is 7.65. The van der Waals surface area contributed by atoms with Crippen molar-refractivity contribution in [3.63, 3.8) is 0 Å². The van der Waals surface area contributed by atoms with E-state index >= 15 is 0 Å². The van der Waals surface area contributed by atoms with Crippen LogP contribution in [0.5, 0.6) is 11.5 Å². The molecule has 0 amide bonds. The number of thioether (sulfide) groups is 1. The average Bonchev–Trinajstić information content (AvgIpc) is 2.88. The number of hydrogen-bond acceptors (Lipinski definition) is 4. The highest BCUT2D eigenvalue weighted by molar-refractivity contribution is 7.99. The summed E-state index contributed by atoms with van der Waals surface area (Å²) in [7, 11) is 1.63. The summed E-state index contributed by atoms with van der Waals surface area (Å²) in [5.41, 5.74) is 7.62. The first-order chi connectivity index (χ1) is 10.2. The van der Waals surface area contributed by atoms with Gasteiger partial charge < -0.3 is 15.2 Å². The molecule has 0 saturated carbocycles. The highest BCUT2D eigenvalue weighted by atomic mass is 32.2. The maximum atomic E-state index is 13.2. The summed E-state index contributed by atoms with van der Waals surface area (Å²) in [6, 6.07) is 10.2. The Kier molecular flexibility index (Phi) is 3.92. The van der Waals surface area contributed by atoms with Gasteiger partial charge in [0.05, 0.1) is 7.11 Å². The topological polar surface area (TPSA) is 44.5 Å². The Morgan fingerprint density at radius 1 is 1.33 bits per heavy atom. The van der Waals surface area contributed by atoms with Crippen LogP contribution in [0.1, 0.15) is 5.56 Å². The van der Waals surface area contributed by atoms with Crippen molar-refractivity contribution in [3.8, 4) is 11.5 Å². The van der Waals surface area contributed by atoms with Gasteiger partial charge >= 0.3 is 0 Å². The molecule has 1 aliphatic heterocycles. The molecule has 0 spiro atoms. The molecular weight excluding hydrogens is 289 g/mol. The van der Waals surface area contributed by atoms with Gasteiger partial charge in [-0.2, -0.15) is 0 Å². The highest BCUT2D eigenvalue weighted by Gasteiger charge is 2.23. The second kappa shape index (κ2) is 5.85. The third-order valence-electron chi connectivity index (χ3n) is 3.41. The van der Waals surface area contributed by atoms with Crippen LogP contribution in [-0.2, 0) is 6.42 Å². The summed E-state index contributed by atoms with van der Waals surface area (Å²) in [5.74, 6) is 2.10. The number of benzene rings is 2. The predicted molar refractivity (Wildman–Crippen MR) is 82.7 cm³/mol. The molecule has 1 unspecified atom stereocenters. The molecule has 0 aliphatic carbocycles. The molecular formula is C16H16FNO2S. The maximum absolute atomic E-state index is 13.2. The monoisotopic (exact) mass is 305 g/mol. The van der Waals surface area contributed by atoms with Crippen molar-refractivity contribution in [1.29, 1.82) is 0 Å². The molecule has 0 aromatic heterocycles. The number of rotatable bonds is 4. The molecule has 1 heterocycles. The van der Waals surface area contributed by atoms with Crippen LogP contribution in [0, 0.1) is 5.82 Å². The van der Waals surface area contributed by atoms with Crippen molar-refractivity contribution in [2.45, 2.75) is 17.4 Å². The molecule has 2 N–H and O–H groups in total. The van der Waals surface area contributed by atoms with Gasteiger partial charge in [0, 0.05) is 28.3 Å². The second-order valence-electron chi connectivity index (χ2n) is 4.91. The van der Waals surface area contributed by atoms with E-state index in [1.165, 1.54) is 6.07 Å². The Labute approximate surface area is 127 Å². The van der Waals surface area contributed by atoms with E-state index in [1.54, 1.807) is 31.0 Å². The summed E-state index contributed by atoms with van der Waals surface area (Å²) < 4.78 is 24.2. The fraction of sp³-hybridized carbons (Fsp3) is 0.250. The number of fused-ring (bicyclic) bond motifs is 1. The second-order valence-corrected chi connectivity index (χ2v) is 5.97. The summed E-state index contributed by atoms with van der Waals surface area (Å²) in [4.78, 5) is 0.972. The zero-order chi connectivity index (χ0) is 14.8. The van der Waals surface area contributed by atoms with Gasteiger partial charge in [-0.3, -0.25) is 0 Å². The lowest BCUT2D eigenvalue weighted by atomic mass is 10.1. The van der Waals surface area contributed by atoms with Gasteiger partial charge in [-0.1, -0.05) is 0 Å². The van der Waals surface area contributed by atoms with Crippen molar-refractivity contribution in [1.82, 2.24) is 0 Å². The Hall–Kier alpha value is -1.88. The van der Waals surface area contributed by atoms with Gasteiger partial charge in [0.2, 0.25) is 0 Å². The van der Waals surface area contributed by atoms with E-state index in [9.17, 15) is 4.39 Å². The van der Waals surface area contributed by atoms with E-state index in [-0.39, 0.29) is 11.9 Å². The minimum absolute atomic E-state index is 0.0393. The fourth-order valence-corrected chi connectivity index (χ4v) is 3.32. The number of nitrogens with two attached hydrogens (primary N) is 1. The van der Waals surface area contributed by atoms with Crippen LogP contribution in [0.3, 0.4) is 0 Å². The van der Waals surface area contributed by atoms with E-state index in [0.717, 1.165) is 39.8 Å². The van der Waals surface area contributed by atoms with Crippen molar-refractivity contribution in [2.24, 2.45) is 0 Å². The Balaban J connectivity index is 1.65. The van der Waals surface area contributed by atoms with Gasteiger partial charge in [-0.05, 0) is 36.4 Å². The van der Waals surface area contributed by atoms with Gasteiger partial charge in [-0.15, -0.1) is 11.8 Å². The van der Waals surface area contributed by atoms with Crippen LogP contribution < -0.4 is 15.2 Å². The quantitative estimate of drug-likeness (QED) is 0.693. The lowest BCUT2D eigenvalue weighted by molar-refractivity contribution is 0.259. The van der Waals surface area contributed by atoms with Gasteiger partial charge in [0.15, 0.2) is 0 Å². The van der Waals surface area contributed by atoms with Crippen molar-refractivity contribution < 1.29 is 13.9 Å². The molecule has 3 nitrogen and oxygen atoms in total. The molecule has 110 valence electrons. The number of methoxy groups -OCH3 is 1. The van der Waals surface area contributed by atoms with E-state index in [4.69, 9.17) is 15.2 Å². The standard InChI is InChI=1S/C16H16FNO2S/c1-19-12-3-4-14(18)16(8-12)21-9-13-7-10-6-11(17)2-5-15(10)20-13/h2-6,8,13H,7,9,18H2,1H3. The molecule has 21 heavy (non-hydrogen) atoms. The summed E-state index contributed by atoms with van der Waals surface area (Å²) in [5, 5.41) is 0. The Morgan fingerprint density at radius 3 is 3.00 bits per heavy atom. The number of hydrogen-bond donors (Lipinski definition) is 1. The zero-order valence-electron chi connectivity index (χ0n) is 11.6. The summed E-state index contributed by atoms with van der Waals surface area (Å²) >= 11 is 1.62. The van der Waals surface area contributed by atoms with E-state index < -0.39 is 0 Å². The average molecular weight is 305 g/mol. The van der Waals surface area contributed by atoms with Crippen LogP contribution in [-0.4, -0.2) is 19.0 Å². The molecule has 1 aliphatic rings. The van der Waals surface area contributed by atoms with Crippen LogP contribution in [0.25, 0.3) is 0 Å². The zero-order valence-corrected chi connectivity index (χ0v) is 12.5. The number of ether oxygens (including phenoxy) is 2. The molecule has 2 aromatic carbocycles. The van der Waals surface area contributed by atoms with Gasteiger partial charge in [-0.25, -0.2) is 4.39 Å². The molecule has 5 heteroatoms. The molecule has 0 radical (unpaired) electrons. The third-order valence-corrected chi connectivity index (χ3v) is 4.61. The Bertz CT molecular complexity index is 663. The lowest BCUT2D eigenvalue weighted by Crippen LogP contribution is -2.15. The van der Waals surface area contributed by atoms with Crippen molar-refractivity contribution >= 4 is 17.4 Å². The van der Waals surface area contributed by atoms with Gasteiger partial charge in [0.1, 0.15) is 23.4 Å². The number of halogens is 1.